The van der Waals surface area contributed by atoms with Crippen LogP contribution in [0.1, 0.15) is 29.8 Å². The fraction of sp³-hybridized carbons (Fsp3) is 0.667. The number of hydrogen-bond donors (Lipinski definition) is 2. The summed E-state index contributed by atoms with van der Waals surface area (Å²) in [5.74, 6) is 0.350. The first-order valence-corrected chi connectivity index (χ1v) is 6.40. The van der Waals surface area contributed by atoms with Crippen molar-refractivity contribution in [2.24, 2.45) is 5.92 Å². The first-order valence-electron chi connectivity index (χ1n) is 6.40. The zero-order chi connectivity index (χ0) is 12.5. The maximum absolute atomic E-state index is 12.3. The van der Waals surface area contributed by atoms with E-state index in [1.807, 2.05) is 4.90 Å². The van der Waals surface area contributed by atoms with Gasteiger partial charge in [-0.15, -0.1) is 0 Å². The van der Waals surface area contributed by atoms with Crippen molar-refractivity contribution >= 4 is 5.91 Å². The van der Waals surface area contributed by atoms with Gasteiger partial charge in [0, 0.05) is 31.3 Å². The van der Waals surface area contributed by atoms with Gasteiger partial charge in [0.25, 0.3) is 5.91 Å². The third-order valence-corrected chi connectivity index (χ3v) is 3.55. The van der Waals surface area contributed by atoms with Gasteiger partial charge in [-0.25, -0.2) is 4.79 Å². The highest BCUT2D eigenvalue weighted by molar-refractivity contribution is 5.92. The lowest BCUT2D eigenvalue weighted by Gasteiger charge is -2.24. The fourth-order valence-electron chi connectivity index (χ4n) is 2.39. The van der Waals surface area contributed by atoms with Crippen LogP contribution in [-0.2, 0) is 4.74 Å². The molecule has 0 aromatic carbocycles. The Morgan fingerprint density at radius 3 is 2.83 bits per heavy atom. The highest BCUT2D eigenvalue weighted by atomic mass is 16.5. The minimum absolute atomic E-state index is 0.0808. The Morgan fingerprint density at radius 2 is 2.28 bits per heavy atom. The summed E-state index contributed by atoms with van der Waals surface area (Å²) in [6.07, 6.45) is 4.59. The smallest absolute Gasteiger partial charge is 0.323 e. The third kappa shape index (κ3) is 2.33. The minimum Gasteiger partial charge on any atom is -0.381 e. The number of H-pyrrole nitrogens is 2. The Bertz CT molecular complexity index is 483. The van der Waals surface area contributed by atoms with E-state index >= 15 is 0 Å². The number of carbonyl (C=O) groups is 1. The number of imidazole rings is 1. The number of aromatic nitrogens is 2. The zero-order valence-electron chi connectivity index (χ0n) is 10.1. The van der Waals surface area contributed by atoms with Crippen molar-refractivity contribution in [2.75, 3.05) is 19.8 Å². The third-order valence-electron chi connectivity index (χ3n) is 3.55. The standard InChI is InChI=1S/C12H17N3O3/c16-11(10-5-13-12(17)14-10)15(9-1-2-9)6-8-3-4-18-7-8/h5,8-9H,1-4,6-7H2,(H2,13,14,17)/t8-/m0/s1. The van der Waals surface area contributed by atoms with E-state index in [1.165, 1.54) is 6.20 Å². The molecule has 2 heterocycles. The number of rotatable bonds is 4. The van der Waals surface area contributed by atoms with Gasteiger partial charge in [-0.3, -0.25) is 4.79 Å². The second-order valence-electron chi connectivity index (χ2n) is 5.07. The molecule has 98 valence electrons. The van der Waals surface area contributed by atoms with E-state index in [1.54, 1.807) is 0 Å². The molecule has 1 amide bonds. The molecule has 1 saturated heterocycles. The van der Waals surface area contributed by atoms with Crippen LogP contribution in [0.15, 0.2) is 11.0 Å². The predicted octanol–water partition coefficient (Wildman–Crippen LogP) is 0.344. The summed E-state index contributed by atoms with van der Waals surface area (Å²) >= 11 is 0. The zero-order valence-corrected chi connectivity index (χ0v) is 10.1. The maximum Gasteiger partial charge on any atom is 0.323 e. The molecule has 1 atom stereocenters. The monoisotopic (exact) mass is 251 g/mol. The fourth-order valence-corrected chi connectivity index (χ4v) is 2.39. The van der Waals surface area contributed by atoms with E-state index in [9.17, 15) is 9.59 Å². The molecule has 1 saturated carbocycles. The molecule has 0 spiro atoms. The second kappa shape index (κ2) is 4.61. The van der Waals surface area contributed by atoms with E-state index in [4.69, 9.17) is 4.74 Å². The molecule has 6 nitrogen and oxygen atoms in total. The quantitative estimate of drug-likeness (QED) is 0.810. The first kappa shape index (κ1) is 11.5. The molecule has 0 bridgehead atoms. The molecule has 1 aromatic rings. The Hall–Kier alpha value is -1.56. The Labute approximate surface area is 104 Å². The molecule has 0 unspecified atom stereocenters. The lowest BCUT2D eigenvalue weighted by atomic mass is 10.1. The van der Waals surface area contributed by atoms with Crippen LogP contribution in [0.25, 0.3) is 0 Å². The van der Waals surface area contributed by atoms with Crippen LogP contribution in [-0.4, -0.2) is 46.6 Å². The summed E-state index contributed by atoms with van der Waals surface area (Å²) in [4.78, 5) is 30.3. The highest BCUT2D eigenvalue weighted by Crippen LogP contribution is 2.29. The van der Waals surface area contributed by atoms with Crippen LogP contribution < -0.4 is 5.69 Å². The van der Waals surface area contributed by atoms with Crippen LogP contribution in [0, 0.1) is 5.92 Å². The SMILES string of the molecule is O=C(c1c[nH]c(=O)[nH]1)N(C[C@@H]1CCOC1)C1CC1. The number of hydrogen-bond acceptors (Lipinski definition) is 3. The highest BCUT2D eigenvalue weighted by Gasteiger charge is 2.35. The molecule has 3 rings (SSSR count). The van der Waals surface area contributed by atoms with E-state index < -0.39 is 0 Å². The summed E-state index contributed by atoms with van der Waals surface area (Å²) in [5, 5.41) is 0. The van der Waals surface area contributed by atoms with Crippen LogP contribution in [0.4, 0.5) is 0 Å². The molecular formula is C12H17N3O3. The second-order valence-corrected chi connectivity index (χ2v) is 5.07. The molecule has 0 radical (unpaired) electrons. The number of amides is 1. The summed E-state index contributed by atoms with van der Waals surface area (Å²) in [7, 11) is 0. The largest absolute Gasteiger partial charge is 0.381 e. The molecule has 1 aliphatic carbocycles. The van der Waals surface area contributed by atoms with E-state index in [0.29, 0.717) is 17.7 Å². The molecule has 1 aromatic heterocycles. The maximum atomic E-state index is 12.3. The Balaban J connectivity index is 1.72. The van der Waals surface area contributed by atoms with Gasteiger partial charge >= 0.3 is 5.69 Å². The van der Waals surface area contributed by atoms with Crippen LogP contribution in [0.5, 0.6) is 0 Å². The van der Waals surface area contributed by atoms with Gasteiger partial charge in [0.15, 0.2) is 0 Å². The van der Waals surface area contributed by atoms with Crippen molar-refractivity contribution in [3.05, 3.63) is 22.4 Å². The lowest BCUT2D eigenvalue weighted by molar-refractivity contribution is 0.0700. The summed E-state index contributed by atoms with van der Waals surface area (Å²) in [5.41, 5.74) is 0.0177. The number of ether oxygens (including phenoxy) is 1. The van der Waals surface area contributed by atoms with Gasteiger partial charge in [-0.05, 0) is 19.3 Å². The van der Waals surface area contributed by atoms with Crippen molar-refractivity contribution in [3.63, 3.8) is 0 Å². The van der Waals surface area contributed by atoms with Crippen molar-refractivity contribution in [2.45, 2.75) is 25.3 Å². The van der Waals surface area contributed by atoms with Gasteiger partial charge in [-0.1, -0.05) is 0 Å². The minimum atomic E-state index is -0.335. The molecule has 2 aliphatic rings. The lowest BCUT2D eigenvalue weighted by Crippen LogP contribution is -2.37. The predicted molar refractivity (Wildman–Crippen MR) is 64.4 cm³/mol. The molecule has 18 heavy (non-hydrogen) atoms. The van der Waals surface area contributed by atoms with Gasteiger partial charge in [-0.2, -0.15) is 0 Å². The molecule has 6 heteroatoms. The van der Waals surface area contributed by atoms with Gasteiger partial charge in [0.2, 0.25) is 0 Å². The van der Waals surface area contributed by atoms with Crippen LogP contribution in [0.2, 0.25) is 0 Å². The molecular weight excluding hydrogens is 234 g/mol. The Morgan fingerprint density at radius 1 is 1.44 bits per heavy atom. The van der Waals surface area contributed by atoms with Crippen LogP contribution >= 0.6 is 0 Å². The molecule has 1 aliphatic heterocycles. The van der Waals surface area contributed by atoms with Crippen molar-refractivity contribution in [1.29, 1.82) is 0 Å². The number of nitrogens with one attached hydrogen (secondary N) is 2. The van der Waals surface area contributed by atoms with Gasteiger partial charge in [0.1, 0.15) is 5.69 Å². The van der Waals surface area contributed by atoms with E-state index in [0.717, 1.165) is 39.0 Å². The molecule has 2 N–H and O–H groups in total. The van der Waals surface area contributed by atoms with E-state index in [-0.39, 0.29) is 11.6 Å². The number of nitrogens with zero attached hydrogens (tertiary/aromatic N) is 1. The number of carbonyl (C=O) groups excluding carboxylic acids is 1. The number of aromatic amines is 2. The van der Waals surface area contributed by atoms with Crippen LogP contribution in [0.3, 0.4) is 0 Å². The van der Waals surface area contributed by atoms with Crippen molar-refractivity contribution in [3.8, 4) is 0 Å². The van der Waals surface area contributed by atoms with Gasteiger partial charge in [0.05, 0.1) is 6.61 Å². The topological polar surface area (TPSA) is 78.2 Å². The average molecular weight is 251 g/mol. The summed E-state index contributed by atoms with van der Waals surface area (Å²) in [6.45, 7) is 2.26. The van der Waals surface area contributed by atoms with E-state index in [2.05, 4.69) is 9.97 Å². The summed E-state index contributed by atoms with van der Waals surface area (Å²) in [6, 6.07) is 0.344. The Kier molecular flexibility index (Phi) is 2.95. The first-order chi connectivity index (χ1) is 8.74. The average Bonchev–Trinajstić information content (AvgIpc) is 2.88. The molecule has 2 fully saturated rings. The van der Waals surface area contributed by atoms with Crippen molar-refractivity contribution < 1.29 is 9.53 Å². The normalized spacial score (nSPS) is 23.2. The summed E-state index contributed by atoms with van der Waals surface area (Å²) < 4.78 is 5.35. The van der Waals surface area contributed by atoms with Crippen molar-refractivity contribution in [1.82, 2.24) is 14.9 Å². The van der Waals surface area contributed by atoms with Gasteiger partial charge < -0.3 is 19.6 Å².